The van der Waals surface area contributed by atoms with E-state index in [0.717, 1.165) is 22.3 Å². The standard InChI is InChI=1S/C29H32Cl2N2O3/c1-19(2)32-29(35)26(16-22-8-6-5-7-9-22)33(17-23-11-12-24(30)25(31)15-23)28(34)18-36-27-13-10-20(3)14-21(27)4/h5-15,19,26H,16-18H2,1-4H3,(H,32,35). The topological polar surface area (TPSA) is 58.6 Å². The van der Waals surface area contributed by atoms with E-state index in [2.05, 4.69) is 5.32 Å². The second-order valence-electron chi connectivity index (χ2n) is 9.20. The lowest BCUT2D eigenvalue weighted by Gasteiger charge is -2.32. The van der Waals surface area contributed by atoms with Gasteiger partial charge in [0, 0.05) is 19.0 Å². The van der Waals surface area contributed by atoms with Gasteiger partial charge >= 0.3 is 0 Å². The van der Waals surface area contributed by atoms with Crippen LogP contribution in [0.25, 0.3) is 0 Å². The van der Waals surface area contributed by atoms with Crippen LogP contribution in [-0.4, -0.2) is 35.4 Å². The summed E-state index contributed by atoms with van der Waals surface area (Å²) in [5, 5.41) is 3.79. The number of carbonyl (C=O) groups is 2. The van der Waals surface area contributed by atoms with E-state index in [-0.39, 0.29) is 31.0 Å². The second kappa shape index (κ2) is 12.8. The van der Waals surface area contributed by atoms with Gasteiger partial charge < -0.3 is 15.0 Å². The molecule has 36 heavy (non-hydrogen) atoms. The van der Waals surface area contributed by atoms with Crippen molar-refractivity contribution in [2.24, 2.45) is 0 Å². The van der Waals surface area contributed by atoms with Crippen LogP contribution >= 0.6 is 23.2 Å². The Morgan fingerprint density at radius 3 is 2.28 bits per heavy atom. The van der Waals surface area contributed by atoms with Crippen LogP contribution in [0.5, 0.6) is 5.75 Å². The number of hydrogen-bond donors (Lipinski definition) is 1. The zero-order valence-electron chi connectivity index (χ0n) is 21.1. The first-order valence-corrected chi connectivity index (χ1v) is 12.7. The minimum absolute atomic E-state index is 0.0795. The highest BCUT2D eigenvalue weighted by Gasteiger charge is 2.31. The first-order valence-electron chi connectivity index (χ1n) is 11.9. The van der Waals surface area contributed by atoms with Gasteiger partial charge in [-0.2, -0.15) is 0 Å². The maximum Gasteiger partial charge on any atom is 0.261 e. The maximum atomic E-state index is 13.6. The van der Waals surface area contributed by atoms with Crippen LogP contribution in [0.4, 0.5) is 0 Å². The molecule has 3 rings (SSSR count). The van der Waals surface area contributed by atoms with E-state index in [4.69, 9.17) is 27.9 Å². The molecule has 0 bridgehead atoms. The molecule has 0 fully saturated rings. The lowest BCUT2D eigenvalue weighted by Crippen LogP contribution is -2.52. The van der Waals surface area contributed by atoms with Crippen molar-refractivity contribution in [3.8, 4) is 5.75 Å². The number of rotatable bonds is 10. The van der Waals surface area contributed by atoms with E-state index in [1.165, 1.54) is 0 Å². The fraction of sp³-hybridized carbons (Fsp3) is 0.310. The molecule has 1 unspecified atom stereocenters. The highest BCUT2D eigenvalue weighted by molar-refractivity contribution is 6.42. The molecule has 0 saturated carbocycles. The summed E-state index contributed by atoms with van der Waals surface area (Å²) < 4.78 is 5.91. The van der Waals surface area contributed by atoms with Gasteiger partial charge in [0.25, 0.3) is 5.91 Å². The van der Waals surface area contributed by atoms with Crippen molar-refractivity contribution in [2.75, 3.05) is 6.61 Å². The molecule has 1 N–H and O–H groups in total. The highest BCUT2D eigenvalue weighted by Crippen LogP contribution is 2.25. The number of carbonyl (C=O) groups excluding carboxylic acids is 2. The zero-order chi connectivity index (χ0) is 26.2. The fourth-order valence-electron chi connectivity index (χ4n) is 3.95. The minimum atomic E-state index is -0.750. The summed E-state index contributed by atoms with van der Waals surface area (Å²) in [4.78, 5) is 28.6. The molecule has 0 heterocycles. The molecule has 3 aromatic rings. The van der Waals surface area contributed by atoms with Gasteiger partial charge in [0.2, 0.25) is 5.91 Å². The van der Waals surface area contributed by atoms with Gasteiger partial charge in [-0.25, -0.2) is 0 Å². The average molecular weight is 527 g/mol. The fourth-order valence-corrected chi connectivity index (χ4v) is 4.27. The van der Waals surface area contributed by atoms with Crippen LogP contribution in [0, 0.1) is 13.8 Å². The van der Waals surface area contributed by atoms with E-state index in [0.29, 0.717) is 22.2 Å². The Hall–Kier alpha value is -3.02. The summed E-state index contributed by atoms with van der Waals surface area (Å²) in [6, 6.07) is 19.8. The van der Waals surface area contributed by atoms with Crippen molar-refractivity contribution in [1.82, 2.24) is 10.2 Å². The van der Waals surface area contributed by atoms with Crippen LogP contribution in [0.15, 0.2) is 66.7 Å². The summed E-state index contributed by atoms with van der Waals surface area (Å²) >= 11 is 12.4. The van der Waals surface area contributed by atoms with Crippen LogP contribution in [0.1, 0.15) is 36.1 Å². The lowest BCUT2D eigenvalue weighted by atomic mass is 10.0. The number of aryl methyl sites for hydroxylation is 2. The molecule has 190 valence electrons. The smallest absolute Gasteiger partial charge is 0.261 e. The summed E-state index contributed by atoms with van der Waals surface area (Å²) in [7, 11) is 0. The first-order chi connectivity index (χ1) is 17.1. The van der Waals surface area contributed by atoms with Crippen LogP contribution in [0.3, 0.4) is 0 Å². The normalized spacial score (nSPS) is 11.8. The van der Waals surface area contributed by atoms with Gasteiger partial charge in [0.15, 0.2) is 6.61 Å². The van der Waals surface area contributed by atoms with Crippen molar-refractivity contribution in [2.45, 2.75) is 52.7 Å². The Morgan fingerprint density at radius 1 is 0.917 bits per heavy atom. The highest BCUT2D eigenvalue weighted by atomic mass is 35.5. The third-order valence-corrected chi connectivity index (χ3v) is 6.46. The van der Waals surface area contributed by atoms with Crippen molar-refractivity contribution < 1.29 is 14.3 Å². The molecule has 0 aromatic heterocycles. The molecule has 7 heteroatoms. The summed E-state index contributed by atoms with van der Waals surface area (Å²) in [6.07, 6.45) is 0.357. The molecular weight excluding hydrogens is 495 g/mol. The van der Waals surface area contributed by atoms with Gasteiger partial charge in [-0.15, -0.1) is 0 Å². The van der Waals surface area contributed by atoms with E-state index in [1.54, 1.807) is 23.1 Å². The predicted molar refractivity (Wildman–Crippen MR) is 146 cm³/mol. The maximum absolute atomic E-state index is 13.6. The van der Waals surface area contributed by atoms with E-state index in [9.17, 15) is 9.59 Å². The Morgan fingerprint density at radius 2 is 1.64 bits per heavy atom. The lowest BCUT2D eigenvalue weighted by molar-refractivity contribution is -0.143. The van der Waals surface area contributed by atoms with Crippen LogP contribution in [0.2, 0.25) is 10.0 Å². The van der Waals surface area contributed by atoms with Crippen molar-refractivity contribution in [1.29, 1.82) is 0 Å². The Kier molecular flexibility index (Phi) is 9.80. The molecule has 3 aromatic carbocycles. The Balaban J connectivity index is 1.94. The minimum Gasteiger partial charge on any atom is -0.483 e. The van der Waals surface area contributed by atoms with Crippen LogP contribution in [-0.2, 0) is 22.6 Å². The predicted octanol–water partition coefficient (Wildman–Crippen LogP) is 6.15. The largest absolute Gasteiger partial charge is 0.483 e. The van der Waals surface area contributed by atoms with Crippen LogP contribution < -0.4 is 10.1 Å². The Bertz CT molecular complexity index is 1200. The molecule has 0 aliphatic heterocycles. The van der Waals surface area contributed by atoms with E-state index in [1.807, 2.05) is 76.2 Å². The summed E-state index contributed by atoms with van der Waals surface area (Å²) in [6.45, 7) is 7.70. The van der Waals surface area contributed by atoms with Crippen molar-refractivity contribution >= 4 is 35.0 Å². The first kappa shape index (κ1) is 27.6. The summed E-state index contributed by atoms with van der Waals surface area (Å²) in [5.41, 5.74) is 3.77. The zero-order valence-corrected chi connectivity index (χ0v) is 22.6. The molecule has 0 aliphatic rings. The number of nitrogens with zero attached hydrogens (tertiary/aromatic N) is 1. The summed E-state index contributed by atoms with van der Waals surface area (Å²) in [5.74, 6) is 0.101. The third-order valence-electron chi connectivity index (χ3n) is 5.72. The van der Waals surface area contributed by atoms with Crippen molar-refractivity contribution in [3.63, 3.8) is 0 Å². The molecule has 0 aliphatic carbocycles. The van der Waals surface area contributed by atoms with Gasteiger partial charge in [-0.05, 0) is 62.6 Å². The number of nitrogens with one attached hydrogen (secondary N) is 1. The second-order valence-corrected chi connectivity index (χ2v) is 10.0. The monoisotopic (exact) mass is 526 g/mol. The van der Waals surface area contributed by atoms with Gasteiger partial charge in [-0.3, -0.25) is 9.59 Å². The molecule has 5 nitrogen and oxygen atoms in total. The number of amides is 2. The van der Waals surface area contributed by atoms with Crippen molar-refractivity contribution in [3.05, 3.63) is 99.0 Å². The molecule has 1 atom stereocenters. The third kappa shape index (κ3) is 7.74. The quantitative estimate of drug-likeness (QED) is 0.344. The SMILES string of the molecule is Cc1ccc(OCC(=O)N(Cc2ccc(Cl)c(Cl)c2)C(Cc2ccccc2)C(=O)NC(C)C)c(C)c1. The van der Waals surface area contributed by atoms with Gasteiger partial charge in [-0.1, -0.05) is 77.3 Å². The molecular formula is C29H32Cl2N2O3. The molecule has 0 saturated heterocycles. The van der Waals surface area contributed by atoms with E-state index < -0.39 is 6.04 Å². The molecule has 0 spiro atoms. The van der Waals surface area contributed by atoms with Gasteiger partial charge in [0.1, 0.15) is 11.8 Å². The number of halogens is 2. The number of ether oxygens (including phenoxy) is 1. The average Bonchev–Trinajstić information content (AvgIpc) is 2.83. The molecule has 0 radical (unpaired) electrons. The van der Waals surface area contributed by atoms with Gasteiger partial charge in [0.05, 0.1) is 10.0 Å². The number of benzene rings is 3. The number of hydrogen-bond acceptors (Lipinski definition) is 3. The Labute approximate surface area is 223 Å². The molecule has 2 amide bonds. The van der Waals surface area contributed by atoms with E-state index >= 15 is 0 Å².